The lowest BCUT2D eigenvalue weighted by molar-refractivity contribution is -0.134. The van der Waals surface area contributed by atoms with Crippen molar-refractivity contribution in [3.63, 3.8) is 0 Å². The van der Waals surface area contributed by atoms with Gasteiger partial charge in [0, 0.05) is 49.6 Å². The number of aryl methyl sites for hydroxylation is 1. The number of rotatable bonds is 14. The van der Waals surface area contributed by atoms with Crippen LogP contribution in [-0.4, -0.2) is 85.7 Å². The van der Waals surface area contributed by atoms with Crippen molar-refractivity contribution in [2.75, 3.05) is 36.4 Å². The summed E-state index contributed by atoms with van der Waals surface area (Å²) < 4.78 is 9.65. The average Bonchev–Trinajstić information content (AvgIpc) is 3.98. The van der Waals surface area contributed by atoms with Crippen molar-refractivity contribution in [2.24, 2.45) is 13.0 Å². The zero-order valence-electron chi connectivity index (χ0n) is 41.6. The van der Waals surface area contributed by atoms with Gasteiger partial charge < -0.3 is 19.6 Å². The van der Waals surface area contributed by atoms with Crippen molar-refractivity contribution < 1.29 is 29.0 Å². The fourth-order valence-corrected chi connectivity index (χ4v) is 12.9. The van der Waals surface area contributed by atoms with Crippen LogP contribution in [0, 0.1) is 12.8 Å². The smallest absolute Gasteiger partial charge is 0.355 e. The van der Waals surface area contributed by atoms with Gasteiger partial charge in [0.15, 0.2) is 10.8 Å². The lowest BCUT2D eigenvalue weighted by Crippen LogP contribution is -2.39. The number of anilines is 2. The van der Waals surface area contributed by atoms with E-state index in [1.165, 1.54) is 36.2 Å². The number of hydrogen-bond donors (Lipinski definition) is 3. The van der Waals surface area contributed by atoms with Crippen molar-refractivity contribution in [1.82, 2.24) is 30.0 Å². The van der Waals surface area contributed by atoms with Gasteiger partial charge in [-0.1, -0.05) is 78.8 Å². The second-order valence-electron chi connectivity index (χ2n) is 20.5. The molecule has 1 saturated carbocycles. The number of carboxylic acid groups (broad SMARTS) is 1. The van der Waals surface area contributed by atoms with Crippen LogP contribution in [0.25, 0.3) is 32.2 Å². The molecule has 3 aliphatic heterocycles. The molecule has 73 heavy (non-hydrogen) atoms. The molecule has 3 aromatic heterocycles. The zero-order chi connectivity index (χ0) is 50.2. The first-order valence-corrected chi connectivity index (χ1v) is 26.9. The van der Waals surface area contributed by atoms with E-state index < -0.39 is 11.9 Å². The van der Waals surface area contributed by atoms with E-state index in [-0.39, 0.29) is 29.5 Å². The number of aromatic carboxylic acids is 1. The maximum atomic E-state index is 13.7. The molecular formula is C58H62N8O6S. The first kappa shape index (κ1) is 48.3. The number of carbonyl (C=O) groups excluding carboxylic acids is 3. The number of likely N-dealkylation sites (tertiary alicyclic amines) is 1. The highest BCUT2D eigenvalue weighted by Crippen LogP contribution is 2.39. The first-order chi connectivity index (χ1) is 35.5. The van der Waals surface area contributed by atoms with Crippen molar-refractivity contribution in [1.29, 1.82) is 0 Å². The molecule has 15 heteroatoms. The lowest BCUT2D eigenvalue weighted by Gasteiger charge is -2.33. The molecule has 376 valence electrons. The van der Waals surface area contributed by atoms with Gasteiger partial charge >= 0.3 is 5.97 Å². The quantitative estimate of drug-likeness (QED) is 0.0699. The van der Waals surface area contributed by atoms with E-state index in [1.807, 2.05) is 85.4 Å². The molecule has 4 aromatic carbocycles. The van der Waals surface area contributed by atoms with Crippen LogP contribution in [0.15, 0.2) is 91.0 Å². The Bertz CT molecular complexity index is 3220. The number of amides is 3. The largest absolute Gasteiger partial charge is 0.490 e. The number of hydrogen-bond acceptors (Lipinski definition) is 11. The van der Waals surface area contributed by atoms with E-state index in [9.17, 15) is 24.3 Å². The Labute approximate surface area is 429 Å². The summed E-state index contributed by atoms with van der Waals surface area (Å²) in [6, 6.07) is 29.6. The maximum absolute atomic E-state index is 13.7. The summed E-state index contributed by atoms with van der Waals surface area (Å²) in [5.41, 5.74) is 8.78. The van der Waals surface area contributed by atoms with E-state index in [1.54, 1.807) is 0 Å². The van der Waals surface area contributed by atoms with Crippen LogP contribution in [0.3, 0.4) is 0 Å². The number of fused-ring (bicyclic) bond motifs is 3. The Morgan fingerprint density at radius 3 is 2.53 bits per heavy atom. The zero-order valence-corrected chi connectivity index (χ0v) is 42.4. The van der Waals surface area contributed by atoms with Gasteiger partial charge in [0.2, 0.25) is 11.8 Å². The Hall–Kier alpha value is -6.97. The van der Waals surface area contributed by atoms with Gasteiger partial charge in [-0.15, -0.1) is 0 Å². The number of nitrogens with zero attached hydrogens (tertiary/aromatic N) is 6. The number of benzene rings is 4. The molecule has 0 radical (unpaired) electrons. The van der Waals surface area contributed by atoms with Gasteiger partial charge in [0.25, 0.3) is 5.91 Å². The Morgan fingerprint density at radius 2 is 1.70 bits per heavy atom. The van der Waals surface area contributed by atoms with E-state index in [2.05, 4.69) is 49.7 Å². The van der Waals surface area contributed by atoms with Crippen LogP contribution in [0.2, 0.25) is 0 Å². The number of para-hydroxylation sites is 2. The fraction of sp³-hybridized carbons (Fsp3) is 0.397. The van der Waals surface area contributed by atoms with E-state index >= 15 is 0 Å². The van der Waals surface area contributed by atoms with Gasteiger partial charge in [-0.25, -0.2) is 14.8 Å². The molecule has 7 aromatic rings. The van der Waals surface area contributed by atoms with Gasteiger partial charge in [0.1, 0.15) is 11.6 Å². The first-order valence-electron chi connectivity index (χ1n) is 26.1. The third kappa shape index (κ3) is 10.1. The van der Waals surface area contributed by atoms with E-state index in [4.69, 9.17) is 14.8 Å². The summed E-state index contributed by atoms with van der Waals surface area (Å²) in [7, 11) is 1.97. The Balaban J connectivity index is 0.674. The minimum Gasteiger partial charge on any atom is -0.490 e. The summed E-state index contributed by atoms with van der Waals surface area (Å²) >= 11 is 1.44. The highest BCUT2D eigenvalue weighted by molar-refractivity contribution is 7.22. The van der Waals surface area contributed by atoms with Gasteiger partial charge in [-0.3, -0.25) is 29.7 Å². The molecule has 3 fully saturated rings. The molecule has 2 saturated heterocycles. The molecule has 14 nitrogen and oxygen atoms in total. The molecule has 3 N–H and O–H groups in total. The van der Waals surface area contributed by atoms with Crippen molar-refractivity contribution in [3.05, 3.63) is 130 Å². The number of aromatic nitrogens is 4. The minimum atomic E-state index is -1.10. The predicted octanol–water partition coefficient (Wildman–Crippen LogP) is 10.6. The number of ether oxygens (including phenoxy) is 1. The van der Waals surface area contributed by atoms with Gasteiger partial charge in [-0.2, -0.15) is 5.10 Å². The molecule has 3 amide bonds. The summed E-state index contributed by atoms with van der Waals surface area (Å²) in [6.45, 7) is 6.28. The monoisotopic (exact) mass is 998 g/mol. The number of unbranched alkanes of at least 4 members (excludes halogenated alkanes) is 1. The summed E-state index contributed by atoms with van der Waals surface area (Å²) in [5.74, 6) is 0.228. The second-order valence-corrected chi connectivity index (χ2v) is 21.5. The molecule has 4 aliphatic rings. The predicted molar refractivity (Wildman–Crippen MR) is 285 cm³/mol. The number of thiazole rings is 1. The number of nitrogens with one attached hydrogen (secondary N) is 2. The second kappa shape index (κ2) is 20.9. The van der Waals surface area contributed by atoms with Crippen LogP contribution >= 0.6 is 11.3 Å². The number of imide groups is 1. The van der Waals surface area contributed by atoms with Crippen LogP contribution in [-0.2, 0) is 29.6 Å². The SMILES string of the molecule is Cc1c(O[C@H]2CC[C@H](CCCCN3CCC[C@H](c4cccc5c(C6CCC(=O)NC6=O)nn(C)c45)C3)CC2)cccc1-c1ccc(N2CCc3cccc(C(=O)Nc4nc5ccccc5s4)c3C2)nc1C(=O)O. The van der Waals surface area contributed by atoms with Crippen molar-refractivity contribution in [2.45, 2.75) is 108 Å². The number of carbonyl (C=O) groups is 4. The molecule has 1 unspecified atom stereocenters. The Morgan fingerprint density at radius 1 is 0.863 bits per heavy atom. The van der Waals surface area contributed by atoms with Gasteiger partial charge in [0.05, 0.1) is 33.4 Å². The van der Waals surface area contributed by atoms with E-state index in [0.717, 1.165) is 113 Å². The average molecular weight is 999 g/mol. The molecule has 0 spiro atoms. The molecular weight excluding hydrogens is 937 g/mol. The lowest BCUT2D eigenvalue weighted by atomic mass is 9.84. The molecule has 1 aliphatic carbocycles. The fourth-order valence-electron chi connectivity index (χ4n) is 12.1. The highest BCUT2D eigenvalue weighted by atomic mass is 32.1. The van der Waals surface area contributed by atoms with Crippen LogP contribution in [0.5, 0.6) is 5.75 Å². The maximum Gasteiger partial charge on any atom is 0.355 e. The van der Waals surface area contributed by atoms with Crippen LogP contribution in [0.1, 0.15) is 131 Å². The Kier molecular flexibility index (Phi) is 13.8. The third-order valence-corrected chi connectivity index (χ3v) is 16.8. The van der Waals surface area contributed by atoms with E-state index in [0.29, 0.717) is 66.3 Å². The van der Waals surface area contributed by atoms with Crippen LogP contribution < -0.4 is 20.3 Å². The molecule has 0 bridgehead atoms. The number of carboxylic acids is 1. The summed E-state index contributed by atoms with van der Waals surface area (Å²) in [4.78, 5) is 65.3. The highest BCUT2D eigenvalue weighted by Gasteiger charge is 2.34. The van der Waals surface area contributed by atoms with Crippen molar-refractivity contribution >= 4 is 67.1 Å². The van der Waals surface area contributed by atoms with Gasteiger partial charge in [-0.05, 0) is 154 Å². The summed E-state index contributed by atoms with van der Waals surface area (Å²) in [6.07, 6.45) is 11.8. The molecule has 2 atom stereocenters. The molecule has 6 heterocycles. The standard InChI is InChI=1S/C58H62N8O6S/c1-35-40(42-25-27-50(60-53(42)57(70)71)66-32-29-37-12-7-16-43(46(37)34-66)55(68)62-58-59-47-18-3-4-20-49(47)73-58)14-9-19-48(35)72-39-23-21-36(22-24-39)11-5-6-30-65-31-10-13-38(33-65)41-15-8-17-44-52(63-64(2)54(41)44)45-26-28-51(67)61-56(45)69/h3-4,7-9,12,14-20,25,27,36,38-39,45H,5-6,10-11,13,21-24,26,28-34H2,1-2H3,(H,70,71)(H,59,62,68)(H,61,67,69)/t36-,38-,39-,45?/m0/s1. The normalized spacial score (nSPS) is 20.5. The number of pyridine rings is 1. The number of piperidine rings is 2. The van der Waals surface area contributed by atoms with Crippen molar-refractivity contribution in [3.8, 4) is 16.9 Å². The summed E-state index contributed by atoms with van der Waals surface area (Å²) in [5, 5.41) is 22.5. The third-order valence-electron chi connectivity index (χ3n) is 15.9. The van der Waals surface area contributed by atoms with Crippen LogP contribution in [0.4, 0.5) is 10.9 Å². The minimum absolute atomic E-state index is 0.0181. The topological polar surface area (TPSA) is 172 Å². The molecule has 11 rings (SSSR count).